The fourth-order valence-corrected chi connectivity index (χ4v) is 3.91. The number of morpholine rings is 1. The minimum atomic E-state index is -4.78. The summed E-state index contributed by atoms with van der Waals surface area (Å²) in [7, 11) is 0. The van der Waals surface area contributed by atoms with Crippen molar-refractivity contribution in [1.29, 1.82) is 5.26 Å². The fourth-order valence-electron chi connectivity index (χ4n) is 3.91. The van der Waals surface area contributed by atoms with E-state index in [0.717, 1.165) is 6.07 Å². The largest absolute Gasteiger partial charge is 0.444 e. The van der Waals surface area contributed by atoms with Gasteiger partial charge in [0.05, 0.1) is 47.7 Å². The molecule has 180 valence electrons. The average molecular weight is 468 g/mol. The summed E-state index contributed by atoms with van der Waals surface area (Å²) in [6.45, 7) is 6.47. The van der Waals surface area contributed by atoms with Crippen LogP contribution in [-0.4, -0.2) is 67.9 Å². The molecule has 2 amide bonds. The number of rotatable bonds is 3. The third-order valence-corrected chi connectivity index (χ3v) is 5.30. The van der Waals surface area contributed by atoms with Gasteiger partial charge in [0.1, 0.15) is 5.60 Å². The highest BCUT2D eigenvalue weighted by Gasteiger charge is 2.40. The van der Waals surface area contributed by atoms with E-state index in [1.807, 2.05) is 0 Å². The Kier molecular flexibility index (Phi) is 7.07. The Bertz CT molecular complexity index is 947. The van der Waals surface area contributed by atoms with Crippen molar-refractivity contribution in [3.63, 3.8) is 0 Å². The molecule has 0 aromatic heterocycles. The molecule has 1 atom stereocenters. The Morgan fingerprint density at radius 3 is 2.42 bits per heavy atom. The number of benzene rings is 1. The van der Waals surface area contributed by atoms with Gasteiger partial charge in [-0.1, -0.05) is 0 Å². The SMILES string of the molecule is CC(C)(C)OC(=O)N[C@@H]1CCN(c2c(C(=O)N3CCOCC3)cc(C#N)cc2C(F)(F)F)C1. The van der Waals surface area contributed by atoms with Crippen LogP contribution in [0, 0.1) is 11.3 Å². The Hall–Kier alpha value is -3.00. The highest BCUT2D eigenvalue weighted by Crippen LogP contribution is 2.41. The van der Waals surface area contributed by atoms with Gasteiger partial charge in [0, 0.05) is 26.2 Å². The second-order valence-corrected chi connectivity index (χ2v) is 9.01. The summed E-state index contributed by atoms with van der Waals surface area (Å²) in [5.74, 6) is -0.584. The van der Waals surface area contributed by atoms with Gasteiger partial charge in [0.15, 0.2) is 0 Å². The van der Waals surface area contributed by atoms with Gasteiger partial charge in [0.25, 0.3) is 5.91 Å². The van der Waals surface area contributed by atoms with Crippen LogP contribution in [0.4, 0.5) is 23.7 Å². The molecule has 33 heavy (non-hydrogen) atoms. The summed E-state index contributed by atoms with van der Waals surface area (Å²) in [5, 5.41) is 12.0. The van der Waals surface area contributed by atoms with Crippen LogP contribution in [0.5, 0.6) is 0 Å². The van der Waals surface area contributed by atoms with Gasteiger partial charge in [-0.15, -0.1) is 0 Å². The summed E-state index contributed by atoms with van der Waals surface area (Å²) in [4.78, 5) is 28.2. The number of ether oxygens (including phenoxy) is 2. The molecule has 0 radical (unpaired) electrons. The van der Waals surface area contributed by atoms with Crippen LogP contribution in [0.15, 0.2) is 12.1 Å². The number of alkyl halides is 3. The molecular formula is C22H27F3N4O4. The Labute approximate surface area is 190 Å². The average Bonchev–Trinajstić information content (AvgIpc) is 3.18. The molecule has 2 heterocycles. The van der Waals surface area contributed by atoms with Gasteiger partial charge >= 0.3 is 12.3 Å². The second kappa shape index (κ2) is 9.47. The lowest BCUT2D eigenvalue weighted by Gasteiger charge is -2.31. The van der Waals surface area contributed by atoms with Crippen molar-refractivity contribution >= 4 is 17.7 Å². The summed E-state index contributed by atoms with van der Waals surface area (Å²) >= 11 is 0. The van der Waals surface area contributed by atoms with Crippen molar-refractivity contribution in [2.75, 3.05) is 44.3 Å². The Morgan fingerprint density at radius 2 is 1.85 bits per heavy atom. The van der Waals surface area contributed by atoms with Gasteiger partial charge < -0.3 is 24.6 Å². The molecule has 1 aromatic rings. The first kappa shape index (κ1) is 24.6. The summed E-state index contributed by atoms with van der Waals surface area (Å²) < 4.78 is 52.5. The molecule has 0 spiro atoms. The fraction of sp³-hybridized carbons (Fsp3) is 0.591. The van der Waals surface area contributed by atoms with E-state index >= 15 is 0 Å². The van der Waals surface area contributed by atoms with Crippen LogP contribution >= 0.6 is 0 Å². The molecule has 11 heteroatoms. The molecule has 2 fully saturated rings. The molecule has 1 N–H and O–H groups in total. The smallest absolute Gasteiger partial charge is 0.418 e. The zero-order valence-corrected chi connectivity index (χ0v) is 18.8. The van der Waals surface area contributed by atoms with Crippen LogP contribution in [0.1, 0.15) is 48.7 Å². The quantitative estimate of drug-likeness (QED) is 0.733. The van der Waals surface area contributed by atoms with Crippen molar-refractivity contribution in [1.82, 2.24) is 10.2 Å². The predicted molar refractivity (Wildman–Crippen MR) is 113 cm³/mol. The third kappa shape index (κ3) is 6.07. The van der Waals surface area contributed by atoms with Crippen LogP contribution in [0.3, 0.4) is 0 Å². The van der Waals surface area contributed by atoms with Crippen molar-refractivity contribution in [3.8, 4) is 6.07 Å². The molecule has 8 nitrogen and oxygen atoms in total. The minimum absolute atomic E-state index is 0.0671. The van der Waals surface area contributed by atoms with E-state index < -0.39 is 35.4 Å². The van der Waals surface area contributed by atoms with Crippen LogP contribution < -0.4 is 10.2 Å². The predicted octanol–water partition coefficient (Wildman–Crippen LogP) is 3.15. The van der Waals surface area contributed by atoms with Gasteiger partial charge in [-0.05, 0) is 39.3 Å². The van der Waals surface area contributed by atoms with Crippen molar-refractivity contribution in [3.05, 3.63) is 28.8 Å². The number of nitrogens with one attached hydrogen (secondary N) is 1. The van der Waals surface area contributed by atoms with E-state index in [9.17, 15) is 28.0 Å². The van der Waals surface area contributed by atoms with E-state index in [0.29, 0.717) is 6.42 Å². The number of anilines is 1. The lowest BCUT2D eigenvalue weighted by atomic mass is 10.00. The maximum Gasteiger partial charge on any atom is 0.418 e. The third-order valence-electron chi connectivity index (χ3n) is 5.30. The number of carbonyl (C=O) groups excluding carboxylic acids is 2. The van der Waals surface area contributed by atoms with Crippen LogP contribution in [0.25, 0.3) is 0 Å². The molecule has 0 bridgehead atoms. The first-order valence-corrected chi connectivity index (χ1v) is 10.7. The van der Waals surface area contributed by atoms with E-state index in [-0.39, 0.29) is 56.2 Å². The van der Waals surface area contributed by atoms with Gasteiger partial charge in [-0.3, -0.25) is 4.79 Å². The van der Waals surface area contributed by atoms with E-state index in [1.165, 1.54) is 15.9 Å². The first-order valence-electron chi connectivity index (χ1n) is 10.7. The highest BCUT2D eigenvalue weighted by molar-refractivity contribution is 6.01. The standard InChI is InChI=1S/C22H27F3N4O4/c1-21(2,3)33-20(31)27-15-4-5-29(13-15)18-16(19(30)28-6-8-32-9-7-28)10-14(12-26)11-17(18)22(23,24)25/h10-11,15H,4-9,13H2,1-3H3,(H,27,31)/t15-/m1/s1. The van der Waals surface area contributed by atoms with Crippen LogP contribution in [-0.2, 0) is 15.7 Å². The first-order chi connectivity index (χ1) is 15.4. The van der Waals surface area contributed by atoms with Crippen LogP contribution in [0.2, 0.25) is 0 Å². The maximum atomic E-state index is 14.0. The number of nitrogens with zero attached hydrogens (tertiary/aromatic N) is 3. The van der Waals surface area contributed by atoms with E-state index in [4.69, 9.17) is 9.47 Å². The molecule has 3 rings (SSSR count). The Morgan fingerprint density at radius 1 is 1.18 bits per heavy atom. The van der Waals surface area contributed by atoms with Crippen molar-refractivity contribution in [2.24, 2.45) is 0 Å². The van der Waals surface area contributed by atoms with Crippen molar-refractivity contribution in [2.45, 2.75) is 45.0 Å². The zero-order valence-electron chi connectivity index (χ0n) is 18.8. The van der Waals surface area contributed by atoms with Gasteiger partial charge in [-0.2, -0.15) is 18.4 Å². The summed E-state index contributed by atoms with van der Waals surface area (Å²) in [6, 6.07) is 3.24. The maximum absolute atomic E-state index is 14.0. The number of carbonyl (C=O) groups is 2. The van der Waals surface area contributed by atoms with Crippen molar-refractivity contribution < 1.29 is 32.2 Å². The monoisotopic (exact) mass is 468 g/mol. The zero-order chi connectivity index (χ0) is 24.4. The van der Waals surface area contributed by atoms with Gasteiger partial charge in [-0.25, -0.2) is 4.79 Å². The number of nitriles is 1. The van der Waals surface area contributed by atoms with E-state index in [1.54, 1.807) is 26.8 Å². The minimum Gasteiger partial charge on any atom is -0.444 e. The second-order valence-electron chi connectivity index (χ2n) is 9.01. The number of halogens is 3. The lowest BCUT2D eigenvalue weighted by Crippen LogP contribution is -2.42. The molecule has 0 saturated carbocycles. The number of hydrogen-bond acceptors (Lipinski definition) is 6. The number of hydrogen-bond donors (Lipinski definition) is 1. The molecule has 2 aliphatic heterocycles. The molecule has 2 saturated heterocycles. The summed E-state index contributed by atoms with van der Waals surface area (Å²) in [6.07, 6.45) is -5.06. The van der Waals surface area contributed by atoms with E-state index in [2.05, 4.69) is 5.32 Å². The lowest BCUT2D eigenvalue weighted by molar-refractivity contribution is -0.137. The number of amides is 2. The normalized spacial score (nSPS) is 19.2. The topological polar surface area (TPSA) is 94.9 Å². The summed E-state index contributed by atoms with van der Waals surface area (Å²) in [5.41, 5.74) is -2.45. The van der Waals surface area contributed by atoms with Gasteiger partial charge in [0.2, 0.25) is 0 Å². The molecule has 0 aliphatic carbocycles. The Balaban J connectivity index is 1.95. The molecule has 2 aliphatic rings. The highest BCUT2D eigenvalue weighted by atomic mass is 19.4. The molecule has 0 unspecified atom stereocenters. The number of alkyl carbamates (subject to hydrolysis) is 1. The molecular weight excluding hydrogens is 441 g/mol. The molecule has 1 aromatic carbocycles.